The molecule has 2 nitrogen and oxygen atoms in total. The smallest absolute Gasteiger partial charge is 0.335 e. The van der Waals surface area contributed by atoms with Crippen LogP contribution in [-0.2, 0) is 6.42 Å². The lowest BCUT2D eigenvalue weighted by atomic mass is 9.98. The molecule has 0 fully saturated rings. The highest BCUT2D eigenvalue weighted by atomic mass is 35.5. The van der Waals surface area contributed by atoms with Gasteiger partial charge in [0.15, 0.2) is 0 Å². The van der Waals surface area contributed by atoms with Crippen LogP contribution in [0.15, 0.2) is 85.5 Å². The SMILES string of the molecule is C=CCc1ccc(-c2ccc(-c3ccc(C(=O)O)cc3)cc2)cc1.Cl. The average molecular weight is 351 g/mol. The number of benzene rings is 3. The number of carboxylic acids is 1. The van der Waals surface area contributed by atoms with E-state index < -0.39 is 5.97 Å². The minimum absolute atomic E-state index is 0. The Hall–Kier alpha value is -2.84. The zero-order chi connectivity index (χ0) is 16.9. The third-order valence-electron chi connectivity index (χ3n) is 4.02. The van der Waals surface area contributed by atoms with Gasteiger partial charge in [0.2, 0.25) is 0 Å². The average Bonchev–Trinajstić information content (AvgIpc) is 2.63. The van der Waals surface area contributed by atoms with Crippen LogP contribution < -0.4 is 0 Å². The van der Waals surface area contributed by atoms with Gasteiger partial charge in [-0.3, -0.25) is 0 Å². The Labute approximate surface area is 153 Å². The highest BCUT2D eigenvalue weighted by molar-refractivity contribution is 5.88. The minimum atomic E-state index is -0.906. The Balaban J connectivity index is 0.00000225. The fourth-order valence-electron chi connectivity index (χ4n) is 2.66. The summed E-state index contributed by atoms with van der Waals surface area (Å²) in [5.74, 6) is -0.906. The third kappa shape index (κ3) is 4.37. The second-order valence-corrected chi connectivity index (χ2v) is 5.65. The second-order valence-electron chi connectivity index (χ2n) is 5.65. The Morgan fingerprint density at radius 2 is 1.12 bits per heavy atom. The number of hydrogen-bond donors (Lipinski definition) is 1. The predicted molar refractivity (Wildman–Crippen MR) is 105 cm³/mol. The molecule has 0 bridgehead atoms. The van der Waals surface area contributed by atoms with Crippen molar-refractivity contribution in [3.05, 3.63) is 96.6 Å². The standard InChI is InChI=1S/C22H18O2.ClH/c1-2-3-16-4-6-17(7-5-16)18-8-10-19(11-9-18)20-12-14-21(15-13-20)22(23)24;/h2,4-15H,1,3H2,(H,23,24);1H. The van der Waals surface area contributed by atoms with Crippen LogP contribution in [0, 0.1) is 0 Å². The van der Waals surface area contributed by atoms with E-state index in [-0.39, 0.29) is 12.4 Å². The van der Waals surface area contributed by atoms with Crippen LogP contribution in [0.2, 0.25) is 0 Å². The molecule has 0 unspecified atom stereocenters. The van der Waals surface area contributed by atoms with E-state index in [1.165, 1.54) is 11.1 Å². The molecular formula is C22H19ClO2. The lowest BCUT2D eigenvalue weighted by molar-refractivity contribution is 0.0697. The zero-order valence-electron chi connectivity index (χ0n) is 13.7. The van der Waals surface area contributed by atoms with Crippen LogP contribution >= 0.6 is 12.4 Å². The van der Waals surface area contributed by atoms with Gasteiger partial charge >= 0.3 is 5.97 Å². The van der Waals surface area contributed by atoms with E-state index in [0.29, 0.717) is 5.56 Å². The summed E-state index contributed by atoms with van der Waals surface area (Å²) in [5.41, 5.74) is 5.97. The molecule has 0 saturated heterocycles. The molecule has 0 atom stereocenters. The van der Waals surface area contributed by atoms with Crippen LogP contribution in [0.25, 0.3) is 22.3 Å². The monoisotopic (exact) mass is 350 g/mol. The van der Waals surface area contributed by atoms with Crippen molar-refractivity contribution < 1.29 is 9.90 Å². The van der Waals surface area contributed by atoms with Gasteiger partial charge < -0.3 is 5.11 Å². The maximum Gasteiger partial charge on any atom is 0.335 e. The fraction of sp³-hybridized carbons (Fsp3) is 0.0455. The van der Waals surface area contributed by atoms with Crippen molar-refractivity contribution in [2.75, 3.05) is 0 Å². The molecule has 3 heteroatoms. The molecule has 126 valence electrons. The van der Waals surface area contributed by atoms with Crippen molar-refractivity contribution in [2.45, 2.75) is 6.42 Å². The van der Waals surface area contributed by atoms with E-state index in [4.69, 9.17) is 5.11 Å². The van der Waals surface area contributed by atoms with E-state index in [1.54, 1.807) is 12.1 Å². The van der Waals surface area contributed by atoms with Crippen molar-refractivity contribution in [1.82, 2.24) is 0 Å². The molecule has 0 aliphatic rings. The first-order valence-electron chi connectivity index (χ1n) is 7.81. The summed E-state index contributed by atoms with van der Waals surface area (Å²) in [6, 6.07) is 23.7. The van der Waals surface area contributed by atoms with Gasteiger partial charge in [0.1, 0.15) is 0 Å². The number of halogens is 1. The van der Waals surface area contributed by atoms with Gasteiger partial charge in [0.05, 0.1) is 5.56 Å². The van der Waals surface area contributed by atoms with Gasteiger partial charge in [-0.1, -0.05) is 66.7 Å². The summed E-state index contributed by atoms with van der Waals surface area (Å²) >= 11 is 0. The van der Waals surface area contributed by atoms with Crippen molar-refractivity contribution in [1.29, 1.82) is 0 Å². The number of carboxylic acid groups (broad SMARTS) is 1. The van der Waals surface area contributed by atoms with Gasteiger partial charge in [-0.2, -0.15) is 0 Å². The number of rotatable bonds is 5. The molecule has 0 aromatic heterocycles. The minimum Gasteiger partial charge on any atom is -0.478 e. The number of allylic oxidation sites excluding steroid dienone is 1. The molecule has 0 radical (unpaired) electrons. The molecular weight excluding hydrogens is 332 g/mol. The van der Waals surface area contributed by atoms with Gasteiger partial charge in [0.25, 0.3) is 0 Å². The molecule has 3 rings (SSSR count). The van der Waals surface area contributed by atoms with Gasteiger partial charge in [-0.05, 0) is 46.4 Å². The molecule has 0 amide bonds. The van der Waals surface area contributed by atoms with Crippen LogP contribution in [-0.4, -0.2) is 11.1 Å². The maximum atomic E-state index is 10.9. The number of hydrogen-bond acceptors (Lipinski definition) is 1. The highest BCUT2D eigenvalue weighted by Crippen LogP contribution is 2.25. The molecule has 1 N–H and O–H groups in total. The Morgan fingerprint density at radius 3 is 1.48 bits per heavy atom. The molecule has 0 heterocycles. The molecule has 0 aliphatic carbocycles. The molecule has 0 spiro atoms. The zero-order valence-corrected chi connectivity index (χ0v) is 14.5. The van der Waals surface area contributed by atoms with E-state index in [9.17, 15) is 4.79 Å². The summed E-state index contributed by atoms with van der Waals surface area (Å²) < 4.78 is 0. The topological polar surface area (TPSA) is 37.3 Å². The fourth-order valence-corrected chi connectivity index (χ4v) is 2.66. The lowest BCUT2D eigenvalue weighted by Crippen LogP contribution is -1.94. The summed E-state index contributed by atoms with van der Waals surface area (Å²) in [7, 11) is 0. The molecule has 0 aliphatic heterocycles. The quantitative estimate of drug-likeness (QED) is 0.584. The van der Waals surface area contributed by atoms with Crippen LogP contribution in [0.1, 0.15) is 15.9 Å². The van der Waals surface area contributed by atoms with Gasteiger partial charge in [-0.25, -0.2) is 4.79 Å². The third-order valence-corrected chi connectivity index (χ3v) is 4.02. The molecule has 0 saturated carbocycles. The molecule has 3 aromatic carbocycles. The highest BCUT2D eigenvalue weighted by Gasteiger charge is 2.04. The van der Waals surface area contributed by atoms with Crippen LogP contribution in [0.5, 0.6) is 0 Å². The molecule has 3 aromatic rings. The van der Waals surface area contributed by atoms with Crippen molar-refractivity contribution >= 4 is 18.4 Å². The first kappa shape index (κ1) is 18.5. The molecule has 25 heavy (non-hydrogen) atoms. The first-order valence-corrected chi connectivity index (χ1v) is 7.81. The van der Waals surface area contributed by atoms with E-state index in [0.717, 1.165) is 23.1 Å². The van der Waals surface area contributed by atoms with Gasteiger partial charge in [0, 0.05) is 0 Å². The van der Waals surface area contributed by atoms with E-state index >= 15 is 0 Å². The van der Waals surface area contributed by atoms with E-state index in [1.807, 2.05) is 18.2 Å². The van der Waals surface area contributed by atoms with Crippen LogP contribution in [0.3, 0.4) is 0 Å². The summed E-state index contributed by atoms with van der Waals surface area (Å²) in [4.78, 5) is 10.9. The summed E-state index contributed by atoms with van der Waals surface area (Å²) in [6.07, 6.45) is 2.78. The van der Waals surface area contributed by atoms with Gasteiger partial charge in [-0.15, -0.1) is 19.0 Å². The Morgan fingerprint density at radius 1 is 0.760 bits per heavy atom. The van der Waals surface area contributed by atoms with E-state index in [2.05, 4.69) is 55.1 Å². The van der Waals surface area contributed by atoms with Crippen molar-refractivity contribution in [2.24, 2.45) is 0 Å². The Kier molecular flexibility index (Phi) is 6.15. The van der Waals surface area contributed by atoms with Crippen LogP contribution in [0.4, 0.5) is 0 Å². The normalized spacial score (nSPS) is 9.92. The summed E-state index contributed by atoms with van der Waals surface area (Å²) in [5, 5.41) is 8.96. The predicted octanol–water partition coefficient (Wildman–Crippen LogP) is 5.87. The Bertz CT molecular complexity index is 848. The van der Waals surface area contributed by atoms with Crippen molar-refractivity contribution in [3.8, 4) is 22.3 Å². The maximum absolute atomic E-state index is 10.9. The first-order chi connectivity index (χ1) is 11.7. The summed E-state index contributed by atoms with van der Waals surface area (Å²) in [6.45, 7) is 3.76. The second kappa shape index (κ2) is 8.32. The number of aromatic carboxylic acids is 1. The largest absolute Gasteiger partial charge is 0.478 e. The lowest BCUT2D eigenvalue weighted by Gasteiger charge is -2.06. The number of carbonyl (C=O) groups is 1. The van der Waals surface area contributed by atoms with Crippen molar-refractivity contribution in [3.63, 3.8) is 0 Å².